The molecule has 1 fully saturated rings. The lowest BCUT2D eigenvalue weighted by atomic mass is 9.94. The minimum atomic E-state index is -2.96. The third-order valence-electron chi connectivity index (χ3n) is 3.27. The van der Waals surface area contributed by atoms with Crippen molar-refractivity contribution in [3.63, 3.8) is 0 Å². The first-order valence-corrected chi connectivity index (χ1v) is 7.60. The Hall–Kier alpha value is -1.01. The molecule has 1 heterocycles. The maximum absolute atomic E-state index is 13.5. The van der Waals surface area contributed by atoms with Gasteiger partial charge in [0.1, 0.15) is 11.6 Å². The van der Waals surface area contributed by atoms with E-state index in [1.165, 1.54) is 0 Å². The molecule has 2 atom stereocenters. The van der Waals surface area contributed by atoms with Gasteiger partial charge in [-0.25, -0.2) is 17.2 Å². The quantitative estimate of drug-likeness (QED) is 0.915. The average molecular weight is 275 g/mol. The number of rotatable bonds is 3. The van der Waals surface area contributed by atoms with E-state index in [0.717, 1.165) is 18.2 Å². The Kier molecular flexibility index (Phi) is 3.68. The van der Waals surface area contributed by atoms with Crippen LogP contribution in [0.5, 0.6) is 0 Å². The predicted octanol–water partition coefficient (Wildman–Crippen LogP) is 1.79. The van der Waals surface area contributed by atoms with E-state index in [2.05, 4.69) is 0 Å². The maximum atomic E-state index is 13.5. The molecular weight excluding hydrogens is 260 g/mol. The Bertz CT molecular complexity index is 545. The molecule has 0 saturated carbocycles. The smallest absolute Gasteiger partial charge is 0.150 e. The second kappa shape index (κ2) is 4.93. The highest BCUT2D eigenvalue weighted by molar-refractivity contribution is 7.91. The van der Waals surface area contributed by atoms with Crippen molar-refractivity contribution in [3.8, 4) is 0 Å². The van der Waals surface area contributed by atoms with Gasteiger partial charge in [-0.15, -0.1) is 0 Å². The van der Waals surface area contributed by atoms with E-state index in [4.69, 9.17) is 5.73 Å². The lowest BCUT2D eigenvalue weighted by Gasteiger charge is -2.16. The first-order chi connectivity index (χ1) is 8.37. The highest BCUT2D eigenvalue weighted by atomic mass is 32.2. The molecule has 100 valence electrons. The van der Waals surface area contributed by atoms with Crippen molar-refractivity contribution < 1.29 is 17.2 Å². The van der Waals surface area contributed by atoms with Gasteiger partial charge < -0.3 is 5.73 Å². The average Bonchev–Trinajstić information content (AvgIpc) is 2.61. The zero-order chi connectivity index (χ0) is 13.3. The predicted molar refractivity (Wildman–Crippen MR) is 64.7 cm³/mol. The number of hydrogen-bond donors (Lipinski definition) is 1. The van der Waals surface area contributed by atoms with Crippen LogP contribution >= 0.6 is 0 Å². The van der Waals surface area contributed by atoms with Crippen LogP contribution in [0.15, 0.2) is 18.2 Å². The van der Waals surface area contributed by atoms with Crippen molar-refractivity contribution in [2.24, 2.45) is 11.7 Å². The lowest BCUT2D eigenvalue weighted by molar-refractivity contribution is 0.463. The number of nitrogens with two attached hydrogens (primary N) is 1. The summed E-state index contributed by atoms with van der Waals surface area (Å²) < 4.78 is 49.1. The van der Waals surface area contributed by atoms with Crippen LogP contribution in [0.2, 0.25) is 0 Å². The van der Waals surface area contributed by atoms with Crippen LogP contribution in [0.4, 0.5) is 8.78 Å². The van der Waals surface area contributed by atoms with Crippen LogP contribution in [0.25, 0.3) is 0 Å². The van der Waals surface area contributed by atoms with Gasteiger partial charge >= 0.3 is 0 Å². The molecule has 1 aromatic carbocycles. The largest absolute Gasteiger partial charge is 0.324 e. The van der Waals surface area contributed by atoms with Gasteiger partial charge in [0.15, 0.2) is 9.84 Å². The van der Waals surface area contributed by atoms with Gasteiger partial charge in [0.05, 0.1) is 11.5 Å². The fourth-order valence-corrected chi connectivity index (χ4v) is 4.22. The fourth-order valence-electron chi connectivity index (χ4n) is 2.34. The van der Waals surface area contributed by atoms with E-state index in [-0.39, 0.29) is 23.0 Å². The zero-order valence-corrected chi connectivity index (χ0v) is 10.6. The number of benzene rings is 1. The Balaban J connectivity index is 2.08. The van der Waals surface area contributed by atoms with Crippen LogP contribution in [0.3, 0.4) is 0 Å². The molecule has 0 spiro atoms. The summed E-state index contributed by atoms with van der Waals surface area (Å²) in [5.74, 6) is -0.897. The van der Waals surface area contributed by atoms with Gasteiger partial charge in [0, 0.05) is 11.6 Å². The van der Waals surface area contributed by atoms with E-state index in [1.54, 1.807) is 0 Å². The molecule has 1 aliphatic heterocycles. The Morgan fingerprint density at radius 3 is 2.72 bits per heavy atom. The van der Waals surface area contributed by atoms with Crippen molar-refractivity contribution >= 4 is 9.84 Å². The van der Waals surface area contributed by atoms with Crippen molar-refractivity contribution in [1.82, 2.24) is 0 Å². The molecule has 2 unspecified atom stereocenters. The molecule has 3 nitrogen and oxygen atoms in total. The summed E-state index contributed by atoms with van der Waals surface area (Å²) in [7, 11) is -2.96. The van der Waals surface area contributed by atoms with E-state index >= 15 is 0 Å². The van der Waals surface area contributed by atoms with E-state index in [1.807, 2.05) is 0 Å². The minimum absolute atomic E-state index is 0.0623. The molecule has 0 radical (unpaired) electrons. The van der Waals surface area contributed by atoms with Gasteiger partial charge in [-0.3, -0.25) is 0 Å². The van der Waals surface area contributed by atoms with Crippen LogP contribution < -0.4 is 5.73 Å². The second-order valence-corrected chi connectivity index (χ2v) is 7.01. The normalized spacial score (nSPS) is 24.1. The molecule has 0 aliphatic carbocycles. The standard InChI is InChI=1S/C12H15F2NO2S/c13-9-1-2-11(14)10(6-9)12(15)5-8-3-4-18(16,17)7-8/h1-2,6,8,12H,3-5,7,15H2. The summed E-state index contributed by atoms with van der Waals surface area (Å²) in [6.45, 7) is 0. The van der Waals surface area contributed by atoms with Gasteiger partial charge in [0.25, 0.3) is 0 Å². The number of halogens is 2. The second-order valence-electron chi connectivity index (χ2n) is 4.78. The highest BCUT2D eigenvalue weighted by Gasteiger charge is 2.29. The molecule has 0 bridgehead atoms. The maximum Gasteiger partial charge on any atom is 0.150 e. The third kappa shape index (κ3) is 3.05. The first-order valence-electron chi connectivity index (χ1n) is 5.78. The lowest BCUT2D eigenvalue weighted by Crippen LogP contribution is -2.18. The Morgan fingerprint density at radius 1 is 1.39 bits per heavy atom. The van der Waals surface area contributed by atoms with Gasteiger partial charge in [-0.05, 0) is 37.0 Å². The van der Waals surface area contributed by atoms with E-state index in [9.17, 15) is 17.2 Å². The number of sulfone groups is 1. The monoisotopic (exact) mass is 275 g/mol. The van der Waals surface area contributed by atoms with Crippen molar-refractivity contribution in [3.05, 3.63) is 35.4 Å². The van der Waals surface area contributed by atoms with Crippen LogP contribution in [0, 0.1) is 17.6 Å². The third-order valence-corrected chi connectivity index (χ3v) is 5.11. The van der Waals surface area contributed by atoms with Crippen molar-refractivity contribution in [1.29, 1.82) is 0 Å². The highest BCUT2D eigenvalue weighted by Crippen LogP contribution is 2.28. The Labute approximate surface area is 105 Å². The van der Waals surface area contributed by atoms with Crippen LogP contribution in [0.1, 0.15) is 24.4 Å². The summed E-state index contributed by atoms with van der Waals surface area (Å²) in [6, 6.07) is 2.48. The molecule has 1 aliphatic rings. The molecule has 1 aromatic rings. The van der Waals surface area contributed by atoms with Crippen molar-refractivity contribution in [2.75, 3.05) is 11.5 Å². The minimum Gasteiger partial charge on any atom is -0.324 e. The molecule has 0 amide bonds. The molecule has 1 saturated heterocycles. The van der Waals surface area contributed by atoms with Crippen LogP contribution in [-0.2, 0) is 9.84 Å². The first kappa shape index (κ1) is 13.4. The van der Waals surface area contributed by atoms with Crippen molar-refractivity contribution in [2.45, 2.75) is 18.9 Å². The van der Waals surface area contributed by atoms with Gasteiger partial charge in [0.2, 0.25) is 0 Å². The summed E-state index contributed by atoms with van der Waals surface area (Å²) in [5, 5.41) is 0. The Morgan fingerprint density at radius 2 is 2.11 bits per heavy atom. The SMILES string of the molecule is NC(CC1CCS(=O)(=O)C1)c1cc(F)ccc1F. The van der Waals surface area contributed by atoms with Gasteiger partial charge in [-0.1, -0.05) is 0 Å². The summed E-state index contributed by atoms with van der Waals surface area (Å²) in [6.07, 6.45) is 0.909. The molecule has 6 heteroatoms. The van der Waals surface area contributed by atoms with E-state index in [0.29, 0.717) is 12.8 Å². The topological polar surface area (TPSA) is 60.2 Å². The molecule has 0 aromatic heterocycles. The molecule has 2 rings (SSSR count). The van der Waals surface area contributed by atoms with Gasteiger partial charge in [-0.2, -0.15) is 0 Å². The number of hydrogen-bond acceptors (Lipinski definition) is 3. The summed E-state index contributed by atoms with van der Waals surface area (Å²) in [5.41, 5.74) is 5.94. The molecule has 18 heavy (non-hydrogen) atoms. The van der Waals surface area contributed by atoms with Crippen LogP contribution in [-0.4, -0.2) is 19.9 Å². The summed E-state index contributed by atoms with van der Waals surface area (Å²) in [4.78, 5) is 0. The van der Waals surface area contributed by atoms with E-state index < -0.39 is 27.5 Å². The summed E-state index contributed by atoms with van der Waals surface area (Å²) >= 11 is 0. The molecular formula is C12H15F2NO2S. The zero-order valence-electron chi connectivity index (χ0n) is 9.77. The molecule has 2 N–H and O–H groups in total. The fraction of sp³-hybridized carbons (Fsp3) is 0.500.